The number of nitrogens with zero attached hydrogens (tertiary/aromatic N) is 1. The van der Waals surface area contributed by atoms with Crippen molar-refractivity contribution in [1.82, 2.24) is 10.2 Å². The molecule has 0 spiro atoms. The predicted octanol–water partition coefficient (Wildman–Crippen LogP) is 2.83. The van der Waals surface area contributed by atoms with Crippen LogP contribution in [0, 0.1) is 0 Å². The Labute approximate surface area is 196 Å². The van der Waals surface area contributed by atoms with Crippen molar-refractivity contribution in [2.75, 3.05) is 39.5 Å². The molecule has 4 rings (SSSR count). The largest absolute Gasteiger partial charge is 0.456 e. The first kappa shape index (κ1) is 23.9. The van der Waals surface area contributed by atoms with E-state index in [1.165, 1.54) is 30.4 Å². The molecule has 0 atom stereocenters. The average Bonchev–Trinajstić information content (AvgIpc) is 3.34. The molecule has 0 bridgehead atoms. The third-order valence-corrected chi connectivity index (χ3v) is 7.42. The summed E-state index contributed by atoms with van der Waals surface area (Å²) in [6.07, 6.45) is 9.01. The van der Waals surface area contributed by atoms with Crippen molar-refractivity contribution in [2.45, 2.75) is 69.7 Å². The zero-order chi connectivity index (χ0) is 23.1. The van der Waals surface area contributed by atoms with Crippen LogP contribution in [0.25, 0.3) is 0 Å². The molecule has 0 radical (unpaired) electrons. The van der Waals surface area contributed by atoms with Crippen LogP contribution in [0.15, 0.2) is 18.2 Å². The molecular formula is C26H36N2O5. The minimum absolute atomic E-state index is 0.0130. The summed E-state index contributed by atoms with van der Waals surface area (Å²) in [6.45, 7) is 3.52. The van der Waals surface area contributed by atoms with Gasteiger partial charge in [-0.25, -0.2) is 0 Å². The van der Waals surface area contributed by atoms with E-state index < -0.39 is 5.97 Å². The van der Waals surface area contributed by atoms with E-state index in [1.807, 2.05) is 18.2 Å². The highest BCUT2D eigenvalue weighted by Crippen LogP contribution is 2.33. The summed E-state index contributed by atoms with van der Waals surface area (Å²) < 4.78 is 10.6. The Balaban J connectivity index is 1.19. The van der Waals surface area contributed by atoms with Gasteiger partial charge in [0.25, 0.3) is 5.91 Å². The van der Waals surface area contributed by atoms with E-state index in [4.69, 9.17) is 9.47 Å². The van der Waals surface area contributed by atoms with E-state index in [1.54, 1.807) is 0 Å². The Bertz CT molecular complexity index is 856. The molecule has 1 N–H and O–H groups in total. The minimum atomic E-state index is -0.514. The smallest absolute Gasteiger partial charge is 0.306 e. The average molecular weight is 457 g/mol. The number of benzene rings is 1. The second-order valence-corrected chi connectivity index (χ2v) is 9.58. The van der Waals surface area contributed by atoms with E-state index in [0.29, 0.717) is 12.1 Å². The number of hydrogen-bond donors (Lipinski definition) is 1. The number of hydrogen-bond acceptors (Lipinski definition) is 6. The number of morpholine rings is 1. The van der Waals surface area contributed by atoms with Gasteiger partial charge in [-0.3, -0.25) is 19.3 Å². The van der Waals surface area contributed by atoms with E-state index in [9.17, 15) is 14.4 Å². The molecule has 1 saturated carbocycles. The van der Waals surface area contributed by atoms with Crippen LogP contribution in [-0.2, 0) is 31.9 Å². The van der Waals surface area contributed by atoms with E-state index >= 15 is 0 Å². The number of Topliss-reactive ketones (excluding diaryl/α,β-unsaturated/α-hetero) is 1. The Hall–Kier alpha value is -2.25. The van der Waals surface area contributed by atoms with Gasteiger partial charge in [-0.15, -0.1) is 0 Å². The van der Waals surface area contributed by atoms with Crippen LogP contribution in [-0.4, -0.2) is 67.6 Å². The molecule has 1 aromatic carbocycles. The fraction of sp³-hybridized carbons (Fsp3) is 0.654. The monoisotopic (exact) mass is 456 g/mol. The van der Waals surface area contributed by atoms with Crippen LogP contribution < -0.4 is 5.32 Å². The molecule has 3 aliphatic rings. The van der Waals surface area contributed by atoms with Crippen molar-refractivity contribution in [3.8, 4) is 0 Å². The summed E-state index contributed by atoms with van der Waals surface area (Å²) in [6, 6.07) is 5.83. The lowest BCUT2D eigenvalue weighted by Crippen LogP contribution is -2.59. The lowest BCUT2D eigenvalue weighted by molar-refractivity contribution is -0.148. The maximum atomic E-state index is 12.4. The lowest BCUT2D eigenvalue weighted by atomic mass is 9.79. The Morgan fingerprint density at radius 2 is 1.73 bits per heavy atom. The Morgan fingerprint density at radius 1 is 0.970 bits per heavy atom. The third kappa shape index (κ3) is 6.21. The van der Waals surface area contributed by atoms with Crippen LogP contribution >= 0.6 is 0 Å². The summed E-state index contributed by atoms with van der Waals surface area (Å²) in [5, 5.41) is 2.99. The normalized spacial score (nSPS) is 20.1. The molecule has 1 saturated heterocycles. The number of carbonyl (C=O) groups excluding carboxylic acids is 3. The maximum absolute atomic E-state index is 12.4. The zero-order valence-electron chi connectivity index (χ0n) is 19.5. The maximum Gasteiger partial charge on any atom is 0.306 e. The second-order valence-electron chi connectivity index (χ2n) is 9.58. The summed E-state index contributed by atoms with van der Waals surface area (Å²) in [7, 11) is 0. The number of ether oxygens (including phenoxy) is 2. The third-order valence-electron chi connectivity index (χ3n) is 7.42. The van der Waals surface area contributed by atoms with Crippen molar-refractivity contribution in [2.24, 2.45) is 0 Å². The Morgan fingerprint density at radius 3 is 2.52 bits per heavy atom. The van der Waals surface area contributed by atoms with Crippen LogP contribution in [0.2, 0.25) is 0 Å². The van der Waals surface area contributed by atoms with Gasteiger partial charge in [0.15, 0.2) is 12.4 Å². The fourth-order valence-corrected chi connectivity index (χ4v) is 5.49. The molecule has 33 heavy (non-hydrogen) atoms. The fourth-order valence-electron chi connectivity index (χ4n) is 5.49. The molecule has 2 aliphatic carbocycles. The van der Waals surface area contributed by atoms with Gasteiger partial charge in [-0.1, -0.05) is 31.4 Å². The van der Waals surface area contributed by atoms with Crippen molar-refractivity contribution in [1.29, 1.82) is 0 Å². The number of aryl methyl sites for hydroxylation is 2. The van der Waals surface area contributed by atoms with Crippen LogP contribution in [0.5, 0.6) is 0 Å². The molecule has 1 amide bonds. The molecule has 7 heteroatoms. The zero-order valence-corrected chi connectivity index (χ0v) is 19.5. The van der Waals surface area contributed by atoms with Gasteiger partial charge in [0.2, 0.25) is 0 Å². The first-order valence-corrected chi connectivity index (χ1v) is 12.5. The molecule has 2 fully saturated rings. The molecule has 1 aromatic rings. The summed E-state index contributed by atoms with van der Waals surface area (Å²) in [5.74, 6) is -0.859. The van der Waals surface area contributed by atoms with E-state index in [-0.39, 0.29) is 36.7 Å². The summed E-state index contributed by atoms with van der Waals surface area (Å²) in [5.41, 5.74) is 3.19. The summed E-state index contributed by atoms with van der Waals surface area (Å²) >= 11 is 0. The number of nitrogens with one attached hydrogen (secondary N) is 1. The number of ketones is 1. The number of esters is 1. The Kier molecular flexibility index (Phi) is 8.15. The SMILES string of the molecule is O=C(COC(=O)CCC(=O)c1ccc2c(c1)CCC2)NCC1(N2CCOCC2)CCCCC1. The molecular weight excluding hydrogens is 420 g/mol. The van der Waals surface area contributed by atoms with Crippen molar-refractivity contribution in [3.63, 3.8) is 0 Å². The van der Waals surface area contributed by atoms with Gasteiger partial charge in [0.05, 0.1) is 19.6 Å². The number of rotatable bonds is 9. The molecule has 0 unspecified atom stereocenters. The lowest BCUT2D eigenvalue weighted by Gasteiger charge is -2.48. The number of amides is 1. The van der Waals surface area contributed by atoms with Gasteiger partial charge in [0.1, 0.15) is 0 Å². The second kappa shape index (κ2) is 11.3. The molecule has 0 aromatic heterocycles. The molecule has 7 nitrogen and oxygen atoms in total. The van der Waals surface area contributed by atoms with Gasteiger partial charge in [-0.2, -0.15) is 0 Å². The topological polar surface area (TPSA) is 84.9 Å². The first-order valence-electron chi connectivity index (χ1n) is 12.5. The van der Waals surface area contributed by atoms with Crippen molar-refractivity contribution < 1.29 is 23.9 Å². The van der Waals surface area contributed by atoms with Crippen LogP contribution in [0.4, 0.5) is 0 Å². The van der Waals surface area contributed by atoms with Gasteiger partial charge in [-0.05, 0) is 49.3 Å². The van der Waals surface area contributed by atoms with Crippen LogP contribution in [0.1, 0.15) is 72.9 Å². The van der Waals surface area contributed by atoms with Gasteiger partial charge < -0.3 is 14.8 Å². The van der Waals surface area contributed by atoms with Gasteiger partial charge in [0, 0.05) is 37.2 Å². The predicted molar refractivity (Wildman–Crippen MR) is 124 cm³/mol. The highest BCUT2D eigenvalue weighted by atomic mass is 16.5. The standard InChI is InChI=1S/C26H36N2O5/c29-23(22-8-7-20-5-4-6-21(20)17-22)9-10-25(31)33-18-24(30)27-19-26(11-2-1-3-12-26)28-13-15-32-16-14-28/h7-8,17H,1-6,9-16,18-19H2,(H,27,30). The number of carbonyl (C=O) groups is 3. The highest BCUT2D eigenvalue weighted by molar-refractivity contribution is 5.98. The number of fused-ring (bicyclic) bond motifs is 1. The molecule has 1 heterocycles. The quantitative estimate of drug-likeness (QED) is 0.454. The highest BCUT2D eigenvalue weighted by Gasteiger charge is 2.38. The van der Waals surface area contributed by atoms with E-state index in [0.717, 1.165) is 58.4 Å². The van der Waals surface area contributed by atoms with Crippen LogP contribution in [0.3, 0.4) is 0 Å². The van der Waals surface area contributed by atoms with Crippen molar-refractivity contribution >= 4 is 17.7 Å². The van der Waals surface area contributed by atoms with Gasteiger partial charge >= 0.3 is 5.97 Å². The minimum Gasteiger partial charge on any atom is -0.456 e. The van der Waals surface area contributed by atoms with E-state index in [2.05, 4.69) is 10.2 Å². The molecule has 1 aliphatic heterocycles. The van der Waals surface area contributed by atoms with Crippen molar-refractivity contribution in [3.05, 3.63) is 34.9 Å². The summed E-state index contributed by atoms with van der Waals surface area (Å²) in [4.78, 5) is 39.4. The molecule has 180 valence electrons. The first-order chi connectivity index (χ1) is 16.1.